The number of ether oxygens (including phenoxy) is 1. The van der Waals surface area contributed by atoms with Crippen molar-refractivity contribution in [2.45, 2.75) is 26.3 Å². The number of amides is 1. The number of phenolic OH excluding ortho intramolecular Hbond substituents is 1. The third-order valence-corrected chi connectivity index (χ3v) is 2.77. The highest BCUT2D eigenvalue weighted by Gasteiger charge is 2.29. The zero-order valence-electron chi connectivity index (χ0n) is 12.0. The molecule has 1 rings (SSSR count). The standard InChI is InChI=1S/C14H19NO5/c1-14(2,3)15(8-12(17)18)13(19)9-5-6-11(20-4)10(16)7-9/h5-7,16H,8H2,1-4H3,(H,17,18). The molecule has 0 fully saturated rings. The van der Waals surface area contributed by atoms with Gasteiger partial charge in [0.15, 0.2) is 11.5 Å². The number of hydrogen-bond donors (Lipinski definition) is 2. The molecule has 0 saturated carbocycles. The molecule has 0 heterocycles. The highest BCUT2D eigenvalue weighted by Crippen LogP contribution is 2.27. The van der Waals surface area contributed by atoms with Crippen molar-refractivity contribution in [3.05, 3.63) is 23.8 Å². The molecule has 0 aromatic heterocycles. The second-order valence-corrected chi connectivity index (χ2v) is 5.34. The number of aliphatic carboxylic acids is 1. The Morgan fingerprint density at radius 1 is 1.30 bits per heavy atom. The summed E-state index contributed by atoms with van der Waals surface area (Å²) in [5.74, 6) is -1.46. The minimum Gasteiger partial charge on any atom is -0.504 e. The van der Waals surface area contributed by atoms with Crippen LogP contribution in [-0.4, -0.2) is 46.2 Å². The molecular weight excluding hydrogens is 262 g/mol. The maximum absolute atomic E-state index is 12.4. The topological polar surface area (TPSA) is 87.1 Å². The summed E-state index contributed by atoms with van der Waals surface area (Å²) in [7, 11) is 1.41. The van der Waals surface area contributed by atoms with Gasteiger partial charge in [0.25, 0.3) is 5.91 Å². The van der Waals surface area contributed by atoms with E-state index < -0.39 is 24.0 Å². The van der Waals surface area contributed by atoms with Crippen LogP contribution in [0.1, 0.15) is 31.1 Å². The Morgan fingerprint density at radius 3 is 2.30 bits per heavy atom. The molecule has 110 valence electrons. The minimum atomic E-state index is -1.09. The fraction of sp³-hybridized carbons (Fsp3) is 0.429. The van der Waals surface area contributed by atoms with E-state index in [-0.39, 0.29) is 17.1 Å². The lowest BCUT2D eigenvalue weighted by molar-refractivity contribution is -0.138. The zero-order chi connectivity index (χ0) is 15.5. The van der Waals surface area contributed by atoms with Crippen molar-refractivity contribution in [1.29, 1.82) is 0 Å². The van der Waals surface area contributed by atoms with E-state index in [4.69, 9.17) is 9.84 Å². The van der Waals surface area contributed by atoms with E-state index in [9.17, 15) is 14.7 Å². The number of carbonyl (C=O) groups is 2. The van der Waals surface area contributed by atoms with E-state index >= 15 is 0 Å². The van der Waals surface area contributed by atoms with Crippen LogP contribution in [0.15, 0.2) is 18.2 Å². The number of phenols is 1. The average molecular weight is 281 g/mol. The summed E-state index contributed by atoms with van der Waals surface area (Å²) in [6, 6.07) is 4.22. The maximum atomic E-state index is 12.4. The lowest BCUT2D eigenvalue weighted by Crippen LogP contribution is -2.48. The summed E-state index contributed by atoms with van der Waals surface area (Å²) in [6.45, 7) is 4.83. The normalized spacial score (nSPS) is 11.0. The van der Waals surface area contributed by atoms with Crippen LogP contribution in [0.5, 0.6) is 11.5 Å². The first-order valence-electron chi connectivity index (χ1n) is 6.07. The lowest BCUT2D eigenvalue weighted by Gasteiger charge is -2.34. The van der Waals surface area contributed by atoms with Gasteiger partial charge in [-0.3, -0.25) is 9.59 Å². The maximum Gasteiger partial charge on any atom is 0.323 e. The van der Waals surface area contributed by atoms with Crippen molar-refractivity contribution in [2.75, 3.05) is 13.7 Å². The third-order valence-electron chi connectivity index (χ3n) is 2.77. The second kappa shape index (κ2) is 5.81. The van der Waals surface area contributed by atoms with Crippen LogP contribution >= 0.6 is 0 Å². The Hall–Kier alpha value is -2.24. The summed E-state index contributed by atoms with van der Waals surface area (Å²) in [5.41, 5.74) is -0.440. The van der Waals surface area contributed by atoms with E-state index in [2.05, 4.69) is 0 Å². The van der Waals surface area contributed by atoms with Gasteiger partial charge < -0.3 is 19.8 Å². The van der Waals surface area contributed by atoms with Gasteiger partial charge in [0.2, 0.25) is 0 Å². The molecule has 0 atom stereocenters. The average Bonchev–Trinajstić information content (AvgIpc) is 2.33. The first-order chi connectivity index (χ1) is 9.16. The number of carbonyl (C=O) groups excluding carboxylic acids is 1. The zero-order valence-corrected chi connectivity index (χ0v) is 12.0. The summed E-state index contributed by atoms with van der Waals surface area (Å²) in [4.78, 5) is 24.5. The third kappa shape index (κ3) is 3.63. The van der Waals surface area contributed by atoms with Crippen molar-refractivity contribution < 1.29 is 24.5 Å². The molecule has 6 heteroatoms. The molecule has 0 spiro atoms. The first kappa shape index (κ1) is 15.8. The van der Waals surface area contributed by atoms with Crippen molar-refractivity contribution in [2.24, 2.45) is 0 Å². The largest absolute Gasteiger partial charge is 0.504 e. The molecular formula is C14H19NO5. The van der Waals surface area contributed by atoms with Crippen LogP contribution in [0.3, 0.4) is 0 Å². The number of hydrogen-bond acceptors (Lipinski definition) is 4. The number of carboxylic acid groups (broad SMARTS) is 1. The summed E-state index contributed by atoms with van der Waals surface area (Å²) in [5, 5.41) is 18.6. The Balaban J connectivity index is 3.12. The second-order valence-electron chi connectivity index (χ2n) is 5.34. The van der Waals surface area contributed by atoms with E-state index in [1.165, 1.54) is 30.2 Å². The molecule has 1 aromatic carbocycles. The lowest BCUT2D eigenvalue weighted by atomic mass is 10.0. The molecule has 0 aliphatic heterocycles. The van der Waals surface area contributed by atoms with E-state index in [1.54, 1.807) is 20.8 Å². The quantitative estimate of drug-likeness (QED) is 0.877. The monoisotopic (exact) mass is 281 g/mol. The van der Waals surface area contributed by atoms with E-state index in [1.807, 2.05) is 0 Å². The minimum absolute atomic E-state index is 0.164. The number of methoxy groups -OCH3 is 1. The number of rotatable bonds is 4. The summed E-state index contributed by atoms with van der Waals surface area (Å²) >= 11 is 0. The van der Waals surface area contributed by atoms with Crippen LogP contribution in [0.4, 0.5) is 0 Å². The Bertz CT molecular complexity index is 519. The van der Waals surface area contributed by atoms with Gasteiger partial charge >= 0.3 is 5.97 Å². The molecule has 0 saturated heterocycles. The van der Waals surface area contributed by atoms with Crippen molar-refractivity contribution in [1.82, 2.24) is 4.90 Å². The van der Waals surface area contributed by atoms with Crippen LogP contribution in [0.25, 0.3) is 0 Å². The SMILES string of the molecule is COc1ccc(C(=O)N(CC(=O)O)C(C)(C)C)cc1O. The summed E-state index contributed by atoms with van der Waals surface area (Å²) in [6.07, 6.45) is 0. The Morgan fingerprint density at radius 2 is 1.90 bits per heavy atom. The molecule has 20 heavy (non-hydrogen) atoms. The van der Waals surface area contributed by atoms with E-state index in [0.717, 1.165) is 0 Å². The van der Waals surface area contributed by atoms with Crippen molar-refractivity contribution in [3.8, 4) is 11.5 Å². The molecule has 0 aliphatic rings. The van der Waals surface area contributed by atoms with Gasteiger partial charge in [-0.15, -0.1) is 0 Å². The molecule has 0 radical (unpaired) electrons. The van der Waals surface area contributed by atoms with Gasteiger partial charge in [0, 0.05) is 11.1 Å². The molecule has 0 bridgehead atoms. The molecule has 1 amide bonds. The number of benzene rings is 1. The molecule has 2 N–H and O–H groups in total. The molecule has 1 aromatic rings. The van der Waals surface area contributed by atoms with Crippen molar-refractivity contribution >= 4 is 11.9 Å². The fourth-order valence-corrected chi connectivity index (χ4v) is 1.73. The molecule has 0 unspecified atom stereocenters. The van der Waals surface area contributed by atoms with Gasteiger partial charge in [0.05, 0.1) is 7.11 Å². The van der Waals surface area contributed by atoms with Gasteiger partial charge in [-0.2, -0.15) is 0 Å². The highest BCUT2D eigenvalue weighted by molar-refractivity contribution is 5.96. The van der Waals surface area contributed by atoms with Gasteiger partial charge in [-0.1, -0.05) is 0 Å². The summed E-state index contributed by atoms with van der Waals surface area (Å²) < 4.78 is 4.90. The fourth-order valence-electron chi connectivity index (χ4n) is 1.73. The Kier molecular flexibility index (Phi) is 4.60. The van der Waals surface area contributed by atoms with Crippen LogP contribution in [-0.2, 0) is 4.79 Å². The van der Waals surface area contributed by atoms with Gasteiger partial charge in [0.1, 0.15) is 6.54 Å². The first-order valence-corrected chi connectivity index (χ1v) is 6.07. The smallest absolute Gasteiger partial charge is 0.323 e. The highest BCUT2D eigenvalue weighted by atomic mass is 16.5. The molecule has 6 nitrogen and oxygen atoms in total. The van der Waals surface area contributed by atoms with Crippen LogP contribution in [0.2, 0.25) is 0 Å². The number of carboxylic acids is 1. The predicted octanol–water partition coefficient (Wildman–Crippen LogP) is 1.73. The predicted molar refractivity (Wildman–Crippen MR) is 73.1 cm³/mol. The van der Waals surface area contributed by atoms with Gasteiger partial charge in [-0.05, 0) is 39.0 Å². The van der Waals surface area contributed by atoms with Gasteiger partial charge in [-0.25, -0.2) is 0 Å². The van der Waals surface area contributed by atoms with E-state index in [0.29, 0.717) is 0 Å². The van der Waals surface area contributed by atoms with Crippen LogP contribution in [0, 0.1) is 0 Å². The Labute approximate surface area is 117 Å². The van der Waals surface area contributed by atoms with Crippen molar-refractivity contribution in [3.63, 3.8) is 0 Å². The number of aromatic hydroxyl groups is 1. The number of nitrogens with zero attached hydrogens (tertiary/aromatic N) is 1. The molecule has 0 aliphatic carbocycles. The van der Waals surface area contributed by atoms with Crippen LogP contribution < -0.4 is 4.74 Å².